The van der Waals surface area contributed by atoms with E-state index in [1.807, 2.05) is 80.5 Å². The maximum Gasteiger partial charge on any atom is 0.270 e. The number of carbonyl (C=O) groups excluding carboxylic acids is 1. The zero-order valence-corrected chi connectivity index (χ0v) is 27.9. The van der Waals surface area contributed by atoms with Gasteiger partial charge in [-0.2, -0.15) is 0 Å². The SMILES string of the molecule is CN(C)CC#Cc1cccc(-c2nc(C(=O)N[C@@H]3CCN(Cc4ccccc4)C3)cc3c2[C@H](CCO)N([S@@](=O)C(C)(C)C)C3)c1. The molecule has 3 aromatic rings. The predicted molar refractivity (Wildman–Crippen MR) is 181 cm³/mol. The summed E-state index contributed by atoms with van der Waals surface area (Å²) in [4.78, 5) is 23.1. The highest BCUT2D eigenvalue weighted by atomic mass is 32.2. The number of nitrogens with one attached hydrogen (secondary N) is 1. The summed E-state index contributed by atoms with van der Waals surface area (Å²) in [6.07, 6.45) is 1.29. The van der Waals surface area contributed by atoms with Crippen molar-refractivity contribution in [3.05, 3.63) is 88.6 Å². The summed E-state index contributed by atoms with van der Waals surface area (Å²) in [6, 6.07) is 19.9. The summed E-state index contributed by atoms with van der Waals surface area (Å²) >= 11 is 0. The van der Waals surface area contributed by atoms with Gasteiger partial charge >= 0.3 is 0 Å². The van der Waals surface area contributed by atoms with Gasteiger partial charge in [0.2, 0.25) is 0 Å². The number of nitrogens with zero attached hydrogens (tertiary/aromatic N) is 4. The Labute approximate surface area is 270 Å². The molecule has 2 N–H and O–H groups in total. The van der Waals surface area contributed by atoms with E-state index < -0.39 is 15.7 Å². The molecule has 8 nitrogen and oxygen atoms in total. The van der Waals surface area contributed by atoms with Crippen LogP contribution in [0.25, 0.3) is 11.3 Å². The number of aliphatic hydroxyl groups is 1. The van der Waals surface area contributed by atoms with Crippen molar-refractivity contribution in [2.24, 2.45) is 0 Å². The minimum Gasteiger partial charge on any atom is -0.396 e. The van der Waals surface area contributed by atoms with E-state index >= 15 is 0 Å². The average molecular weight is 628 g/mol. The smallest absolute Gasteiger partial charge is 0.270 e. The first-order valence-corrected chi connectivity index (χ1v) is 16.8. The molecule has 0 spiro atoms. The number of carbonyl (C=O) groups is 1. The van der Waals surface area contributed by atoms with Crippen molar-refractivity contribution in [1.82, 2.24) is 24.4 Å². The van der Waals surface area contributed by atoms with Crippen molar-refractivity contribution < 1.29 is 14.1 Å². The average Bonchev–Trinajstić information content (AvgIpc) is 3.60. The largest absolute Gasteiger partial charge is 0.396 e. The molecule has 3 heterocycles. The molecule has 238 valence electrons. The third-order valence-corrected chi connectivity index (χ3v) is 10.0. The fourth-order valence-electron chi connectivity index (χ4n) is 6.04. The van der Waals surface area contributed by atoms with Crippen molar-refractivity contribution in [3.8, 4) is 23.1 Å². The van der Waals surface area contributed by atoms with E-state index in [0.29, 0.717) is 30.9 Å². The van der Waals surface area contributed by atoms with E-state index in [0.717, 1.165) is 48.3 Å². The molecular formula is C36H45N5O3S. The lowest BCUT2D eigenvalue weighted by Gasteiger charge is -2.30. The van der Waals surface area contributed by atoms with Gasteiger partial charge in [0.05, 0.1) is 23.0 Å². The molecule has 1 saturated heterocycles. The van der Waals surface area contributed by atoms with E-state index in [1.165, 1.54) is 5.56 Å². The van der Waals surface area contributed by atoms with Crippen LogP contribution in [0.3, 0.4) is 0 Å². The summed E-state index contributed by atoms with van der Waals surface area (Å²) < 4.78 is 15.2. The Bertz CT molecular complexity index is 1590. The van der Waals surface area contributed by atoms with Gasteiger partial charge in [0.1, 0.15) is 16.7 Å². The second kappa shape index (κ2) is 14.4. The van der Waals surface area contributed by atoms with Gasteiger partial charge in [-0.3, -0.25) is 14.6 Å². The second-order valence-electron chi connectivity index (χ2n) is 13.2. The molecule has 5 rings (SSSR count). The quantitative estimate of drug-likeness (QED) is 0.343. The number of fused-ring (bicyclic) bond motifs is 1. The molecular weight excluding hydrogens is 582 g/mol. The molecule has 0 radical (unpaired) electrons. The Morgan fingerprint density at radius 2 is 1.91 bits per heavy atom. The maximum atomic E-state index is 13.8. The molecule has 0 saturated carbocycles. The molecule has 0 bridgehead atoms. The number of aliphatic hydroxyl groups excluding tert-OH is 1. The topological polar surface area (TPSA) is 89.0 Å². The fraction of sp³-hybridized carbons (Fsp3) is 0.444. The van der Waals surface area contributed by atoms with Crippen LogP contribution < -0.4 is 5.32 Å². The van der Waals surface area contributed by atoms with E-state index in [4.69, 9.17) is 4.98 Å². The number of likely N-dealkylation sites (tertiary alicyclic amines) is 1. The van der Waals surface area contributed by atoms with Crippen molar-refractivity contribution in [1.29, 1.82) is 0 Å². The molecule has 1 aromatic heterocycles. The van der Waals surface area contributed by atoms with Crippen LogP contribution in [0.5, 0.6) is 0 Å². The van der Waals surface area contributed by atoms with Crippen LogP contribution in [0.15, 0.2) is 60.7 Å². The summed E-state index contributed by atoms with van der Waals surface area (Å²) in [7, 11) is 2.63. The highest BCUT2D eigenvalue weighted by molar-refractivity contribution is 7.84. The number of hydrogen-bond acceptors (Lipinski definition) is 6. The Kier molecular flexibility index (Phi) is 10.5. The minimum absolute atomic E-state index is 0.0297. The van der Waals surface area contributed by atoms with E-state index in [2.05, 4.69) is 46.3 Å². The third-order valence-electron chi connectivity index (χ3n) is 8.14. The molecule has 9 heteroatoms. The van der Waals surface area contributed by atoms with Crippen LogP contribution in [0.4, 0.5) is 0 Å². The molecule has 45 heavy (non-hydrogen) atoms. The summed E-state index contributed by atoms with van der Waals surface area (Å²) in [5.74, 6) is 6.23. The van der Waals surface area contributed by atoms with Gasteiger partial charge in [-0.25, -0.2) is 13.5 Å². The molecule has 0 aliphatic carbocycles. The number of hydrogen-bond donors (Lipinski definition) is 2. The summed E-state index contributed by atoms with van der Waals surface area (Å²) in [6.45, 7) is 9.43. The van der Waals surface area contributed by atoms with Gasteiger partial charge in [-0.1, -0.05) is 54.3 Å². The molecule has 2 aliphatic heterocycles. The zero-order valence-electron chi connectivity index (χ0n) is 27.0. The van der Waals surface area contributed by atoms with Gasteiger partial charge in [0.25, 0.3) is 5.91 Å². The Morgan fingerprint density at radius 3 is 2.62 bits per heavy atom. The lowest BCUT2D eigenvalue weighted by Crippen LogP contribution is -2.37. The summed E-state index contributed by atoms with van der Waals surface area (Å²) in [5, 5.41) is 13.3. The van der Waals surface area contributed by atoms with Gasteiger partial charge < -0.3 is 10.4 Å². The van der Waals surface area contributed by atoms with Gasteiger partial charge in [0, 0.05) is 55.5 Å². The first kappa shape index (κ1) is 33.0. The third kappa shape index (κ3) is 8.07. The predicted octanol–water partition coefficient (Wildman–Crippen LogP) is 4.37. The maximum absolute atomic E-state index is 13.8. The van der Waals surface area contributed by atoms with Gasteiger partial charge in [-0.15, -0.1) is 0 Å². The highest BCUT2D eigenvalue weighted by Crippen LogP contribution is 2.44. The molecule has 2 aromatic carbocycles. The van der Waals surface area contributed by atoms with Crippen LogP contribution in [0.1, 0.15) is 72.4 Å². The summed E-state index contributed by atoms with van der Waals surface area (Å²) in [5.41, 5.74) is 5.83. The van der Waals surface area contributed by atoms with E-state index in [1.54, 1.807) is 0 Å². The first-order valence-electron chi connectivity index (χ1n) is 15.7. The first-order chi connectivity index (χ1) is 21.5. The minimum atomic E-state index is -1.33. The number of benzene rings is 2. The standard InChI is InChI=1S/C36H45N5O3S/c1-36(2,3)45(44)41-24-29-22-31(35(43)37-30-16-19-40(25-30)23-27-11-7-6-8-12-27)38-34(33(29)32(41)17-20-42)28-15-9-13-26(21-28)14-10-18-39(4)5/h6-9,11-13,15,21-22,30,32,42H,16-20,23-25H2,1-5H3,(H,37,43)/t30-,32+,45+/m1/s1. The van der Waals surface area contributed by atoms with Crippen molar-refractivity contribution in [3.63, 3.8) is 0 Å². The molecule has 0 unspecified atom stereocenters. The van der Waals surface area contributed by atoms with Crippen molar-refractivity contribution in [2.75, 3.05) is 40.3 Å². The fourth-order valence-corrected chi connectivity index (χ4v) is 7.45. The monoisotopic (exact) mass is 627 g/mol. The molecule has 2 aliphatic rings. The number of amides is 1. The number of rotatable bonds is 9. The number of aromatic nitrogens is 1. The van der Waals surface area contributed by atoms with Crippen LogP contribution in [-0.2, 0) is 24.1 Å². The van der Waals surface area contributed by atoms with E-state index in [9.17, 15) is 14.1 Å². The Hall–Kier alpha value is -3.39. The Balaban J connectivity index is 1.47. The normalized spacial score (nSPS) is 19.3. The van der Waals surface area contributed by atoms with Gasteiger partial charge in [0.15, 0.2) is 0 Å². The second-order valence-corrected chi connectivity index (χ2v) is 15.4. The molecule has 3 atom stereocenters. The lowest BCUT2D eigenvalue weighted by atomic mass is 9.95. The highest BCUT2D eigenvalue weighted by Gasteiger charge is 2.40. The Morgan fingerprint density at radius 1 is 1.13 bits per heavy atom. The van der Waals surface area contributed by atoms with Crippen molar-refractivity contribution >= 4 is 16.9 Å². The van der Waals surface area contributed by atoms with Crippen LogP contribution in [-0.4, -0.2) is 85.4 Å². The van der Waals surface area contributed by atoms with Gasteiger partial charge in [-0.05, 0) is 77.0 Å². The molecule has 1 fully saturated rings. The van der Waals surface area contributed by atoms with Crippen molar-refractivity contribution in [2.45, 2.75) is 63.5 Å². The molecule has 1 amide bonds. The zero-order chi connectivity index (χ0) is 32.1. The van der Waals surface area contributed by atoms with Crippen LogP contribution in [0, 0.1) is 11.8 Å². The van der Waals surface area contributed by atoms with Crippen LogP contribution in [0.2, 0.25) is 0 Å². The lowest BCUT2D eigenvalue weighted by molar-refractivity contribution is 0.0932. The number of pyridine rings is 1. The van der Waals surface area contributed by atoms with Crippen LogP contribution >= 0.6 is 0 Å². The van der Waals surface area contributed by atoms with E-state index in [-0.39, 0.29) is 24.6 Å².